The molecule has 16 heavy (non-hydrogen) atoms. The lowest BCUT2D eigenvalue weighted by Gasteiger charge is -2.10. The average molecular weight is 225 g/mol. The molecule has 6 nitrogen and oxygen atoms in total. The first-order valence-corrected chi connectivity index (χ1v) is 5.04. The van der Waals surface area contributed by atoms with E-state index in [-0.39, 0.29) is 17.6 Å². The Balaban J connectivity index is 2.77. The van der Waals surface area contributed by atoms with Crippen molar-refractivity contribution >= 4 is 11.9 Å². The number of hydrogen-bond donors (Lipinski definition) is 1. The Bertz CT molecular complexity index is 386. The van der Waals surface area contributed by atoms with Crippen LogP contribution < -0.4 is 5.32 Å². The van der Waals surface area contributed by atoms with Gasteiger partial charge < -0.3 is 10.1 Å². The van der Waals surface area contributed by atoms with Crippen LogP contribution in [0.15, 0.2) is 12.3 Å². The van der Waals surface area contributed by atoms with E-state index in [0.717, 1.165) is 0 Å². The lowest BCUT2D eigenvalue weighted by Crippen LogP contribution is -2.22. The van der Waals surface area contributed by atoms with Crippen LogP contribution in [0.2, 0.25) is 0 Å². The number of carbonyl (C=O) groups is 2. The number of aromatic nitrogens is 2. The van der Waals surface area contributed by atoms with E-state index in [2.05, 4.69) is 10.4 Å². The molecule has 1 N–H and O–H groups in total. The van der Waals surface area contributed by atoms with Crippen molar-refractivity contribution in [2.24, 2.45) is 0 Å². The summed E-state index contributed by atoms with van der Waals surface area (Å²) in [6.07, 6.45) is 1.58. The molecular formula is C10H15N3O3. The highest BCUT2D eigenvalue weighted by Crippen LogP contribution is 2.07. The number of ether oxygens (including phenoxy) is 1. The predicted molar refractivity (Wildman–Crippen MR) is 57.0 cm³/mol. The van der Waals surface area contributed by atoms with Crippen molar-refractivity contribution in [3.8, 4) is 0 Å². The van der Waals surface area contributed by atoms with Gasteiger partial charge in [-0.3, -0.25) is 9.48 Å². The fourth-order valence-corrected chi connectivity index (χ4v) is 1.17. The topological polar surface area (TPSA) is 73.2 Å². The van der Waals surface area contributed by atoms with Crippen LogP contribution in [-0.4, -0.2) is 35.3 Å². The number of carbonyl (C=O) groups excluding carboxylic acids is 2. The van der Waals surface area contributed by atoms with Crippen molar-refractivity contribution in [1.29, 1.82) is 0 Å². The van der Waals surface area contributed by atoms with Crippen molar-refractivity contribution in [2.75, 3.05) is 13.7 Å². The zero-order chi connectivity index (χ0) is 12.1. The van der Waals surface area contributed by atoms with Gasteiger partial charge in [-0.1, -0.05) is 0 Å². The van der Waals surface area contributed by atoms with E-state index in [1.54, 1.807) is 26.1 Å². The number of nitrogens with zero attached hydrogens (tertiary/aromatic N) is 2. The second-order valence-electron chi connectivity index (χ2n) is 3.19. The Morgan fingerprint density at radius 2 is 2.31 bits per heavy atom. The minimum atomic E-state index is -0.529. The van der Waals surface area contributed by atoms with Gasteiger partial charge >= 0.3 is 5.97 Å². The number of nitrogens with one attached hydrogen (secondary N) is 1. The molecule has 0 radical (unpaired) electrons. The molecule has 88 valence electrons. The van der Waals surface area contributed by atoms with Gasteiger partial charge in [0.15, 0.2) is 0 Å². The smallest absolute Gasteiger partial charge is 0.330 e. The molecule has 0 aliphatic rings. The monoisotopic (exact) mass is 225 g/mol. The highest BCUT2D eigenvalue weighted by Gasteiger charge is 2.18. The van der Waals surface area contributed by atoms with Crippen LogP contribution >= 0.6 is 0 Å². The van der Waals surface area contributed by atoms with Gasteiger partial charge in [-0.05, 0) is 19.9 Å². The number of rotatable bonds is 4. The quantitative estimate of drug-likeness (QED) is 0.751. The predicted octanol–water partition coefficient (Wildman–Crippen LogP) is 0.367. The zero-order valence-corrected chi connectivity index (χ0v) is 9.56. The van der Waals surface area contributed by atoms with Crippen molar-refractivity contribution in [1.82, 2.24) is 15.1 Å². The molecule has 1 heterocycles. The van der Waals surface area contributed by atoms with Crippen LogP contribution in [0, 0.1) is 0 Å². The molecule has 6 heteroatoms. The summed E-state index contributed by atoms with van der Waals surface area (Å²) in [4.78, 5) is 22.7. The fourth-order valence-electron chi connectivity index (χ4n) is 1.17. The molecular weight excluding hydrogens is 210 g/mol. The van der Waals surface area contributed by atoms with Gasteiger partial charge in [0, 0.05) is 13.2 Å². The van der Waals surface area contributed by atoms with Crippen LogP contribution in [0.1, 0.15) is 30.4 Å². The molecule has 1 unspecified atom stereocenters. The van der Waals surface area contributed by atoms with Crippen LogP contribution in [-0.2, 0) is 9.53 Å². The first kappa shape index (κ1) is 12.2. The molecule has 0 bridgehead atoms. The first-order valence-electron chi connectivity index (χ1n) is 5.04. The van der Waals surface area contributed by atoms with Crippen molar-refractivity contribution < 1.29 is 14.3 Å². The van der Waals surface area contributed by atoms with E-state index in [0.29, 0.717) is 6.61 Å². The van der Waals surface area contributed by atoms with E-state index in [1.807, 2.05) is 0 Å². The summed E-state index contributed by atoms with van der Waals surface area (Å²) >= 11 is 0. The number of amides is 1. The fraction of sp³-hybridized carbons (Fsp3) is 0.500. The Morgan fingerprint density at radius 1 is 1.62 bits per heavy atom. The average Bonchev–Trinajstić information content (AvgIpc) is 2.76. The van der Waals surface area contributed by atoms with Crippen LogP contribution in [0.3, 0.4) is 0 Å². The van der Waals surface area contributed by atoms with Crippen molar-refractivity contribution in [3.05, 3.63) is 18.0 Å². The van der Waals surface area contributed by atoms with E-state index in [4.69, 9.17) is 4.74 Å². The molecule has 0 fully saturated rings. The first-order chi connectivity index (χ1) is 7.60. The van der Waals surface area contributed by atoms with Gasteiger partial charge in [-0.15, -0.1) is 0 Å². The Hall–Kier alpha value is -1.85. The Labute approximate surface area is 93.6 Å². The number of hydrogen-bond acceptors (Lipinski definition) is 4. The van der Waals surface area contributed by atoms with E-state index >= 15 is 0 Å². The van der Waals surface area contributed by atoms with E-state index in [1.165, 1.54) is 11.7 Å². The molecule has 1 aromatic heterocycles. The Morgan fingerprint density at radius 3 is 2.88 bits per heavy atom. The highest BCUT2D eigenvalue weighted by molar-refractivity contribution is 5.91. The lowest BCUT2D eigenvalue weighted by atomic mass is 10.3. The minimum absolute atomic E-state index is 0.277. The lowest BCUT2D eigenvalue weighted by molar-refractivity contribution is -0.146. The van der Waals surface area contributed by atoms with Crippen molar-refractivity contribution in [2.45, 2.75) is 19.9 Å². The molecule has 0 saturated carbocycles. The van der Waals surface area contributed by atoms with E-state index < -0.39 is 6.04 Å². The highest BCUT2D eigenvalue weighted by atomic mass is 16.5. The van der Waals surface area contributed by atoms with Gasteiger partial charge in [0.2, 0.25) is 0 Å². The van der Waals surface area contributed by atoms with Crippen LogP contribution in [0.25, 0.3) is 0 Å². The summed E-state index contributed by atoms with van der Waals surface area (Å²) in [7, 11) is 1.52. The van der Waals surface area contributed by atoms with Gasteiger partial charge in [-0.2, -0.15) is 5.10 Å². The Kier molecular flexibility index (Phi) is 4.04. The largest absolute Gasteiger partial charge is 0.464 e. The molecule has 1 aromatic rings. The van der Waals surface area contributed by atoms with Gasteiger partial charge in [-0.25, -0.2) is 4.79 Å². The molecule has 0 aliphatic carbocycles. The third-order valence-electron chi connectivity index (χ3n) is 2.09. The second-order valence-corrected chi connectivity index (χ2v) is 3.19. The maximum Gasteiger partial charge on any atom is 0.330 e. The van der Waals surface area contributed by atoms with E-state index in [9.17, 15) is 9.59 Å². The standard InChI is InChI=1S/C10H15N3O3/c1-4-16-10(15)7(2)13-6-5-8(12-13)9(14)11-3/h5-7H,4H2,1-3H3,(H,11,14). The summed E-state index contributed by atoms with van der Waals surface area (Å²) in [5, 5.41) is 6.44. The van der Waals surface area contributed by atoms with Gasteiger partial charge in [0.05, 0.1) is 6.61 Å². The summed E-state index contributed by atoms with van der Waals surface area (Å²) in [6, 6.07) is 1.02. The molecule has 0 aliphatic heterocycles. The second kappa shape index (κ2) is 5.29. The summed E-state index contributed by atoms with van der Waals surface area (Å²) in [5.74, 6) is -0.649. The summed E-state index contributed by atoms with van der Waals surface area (Å²) < 4.78 is 6.26. The molecule has 1 amide bonds. The molecule has 0 spiro atoms. The van der Waals surface area contributed by atoms with Crippen molar-refractivity contribution in [3.63, 3.8) is 0 Å². The SMILES string of the molecule is CCOC(=O)C(C)n1ccc(C(=O)NC)n1. The minimum Gasteiger partial charge on any atom is -0.464 e. The number of esters is 1. The summed E-state index contributed by atoms with van der Waals surface area (Å²) in [5.41, 5.74) is 0.277. The molecule has 1 rings (SSSR count). The van der Waals surface area contributed by atoms with Crippen LogP contribution in [0.5, 0.6) is 0 Å². The third kappa shape index (κ3) is 2.59. The van der Waals surface area contributed by atoms with Crippen LogP contribution in [0.4, 0.5) is 0 Å². The van der Waals surface area contributed by atoms with Gasteiger partial charge in [0.1, 0.15) is 11.7 Å². The molecule has 0 aromatic carbocycles. The third-order valence-corrected chi connectivity index (χ3v) is 2.09. The molecule has 0 saturated heterocycles. The maximum absolute atomic E-state index is 11.4. The maximum atomic E-state index is 11.4. The normalized spacial score (nSPS) is 11.9. The summed E-state index contributed by atoms with van der Waals surface area (Å²) in [6.45, 7) is 3.73. The zero-order valence-electron chi connectivity index (χ0n) is 9.56. The molecule has 1 atom stereocenters. The van der Waals surface area contributed by atoms with Gasteiger partial charge in [0.25, 0.3) is 5.91 Å².